The fraction of sp³-hybridized carbons (Fsp3) is 0.308. The normalized spacial score (nSPS) is 13.1. The van der Waals surface area contributed by atoms with Crippen LogP contribution in [0.25, 0.3) is 0 Å². The first-order chi connectivity index (χ1) is 9.54. The van der Waals surface area contributed by atoms with Crippen LogP contribution in [0.15, 0.2) is 30.3 Å². The van der Waals surface area contributed by atoms with E-state index in [1.165, 1.54) is 6.92 Å². The quantitative estimate of drug-likeness (QED) is 0.562. The zero-order valence-electron chi connectivity index (χ0n) is 10.9. The molecule has 2 atom stereocenters. The summed E-state index contributed by atoms with van der Waals surface area (Å²) in [6, 6.07) is 7.97. The highest BCUT2D eigenvalue weighted by Gasteiger charge is 2.18. The lowest BCUT2D eigenvalue weighted by Gasteiger charge is -2.17. The molecule has 0 heterocycles. The van der Waals surface area contributed by atoms with Crippen molar-refractivity contribution in [2.24, 2.45) is 5.73 Å². The van der Waals surface area contributed by atoms with Gasteiger partial charge >= 0.3 is 0 Å². The molecule has 108 valence electrons. The van der Waals surface area contributed by atoms with Crippen LogP contribution < -0.4 is 11.1 Å². The molecule has 1 aromatic carbocycles. The smallest absolute Gasteiger partial charge is 0.295 e. The standard InChI is InChI=1S/C13H16N2O4S/c1-9(14)12(17)15-11(19-8-16)7-20-13(18)10-5-3-2-4-6-10/h2-6,8-9,11H,7,14H2,1H3,(H,15,17)/t9-,11+/m0/s1. The van der Waals surface area contributed by atoms with Gasteiger partial charge in [-0.1, -0.05) is 42.1 Å². The lowest BCUT2D eigenvalue weighted by Crippen LogP contribution is -2.46. The summed E-state index contributed by atoms with van der Waals surface area (Å²) in [7, 11) is 0. The Bertz CT molecular complexity index is 465. The Kier molecular flexibility index (Phi) is 6.75. The highest BCUT2D eigenvalue weighted by molar-refractivity contribution is 8.14. The van der Waals surface area contributed by atoms with Gasteiger partial charge in [-0.2, -0.15) is 0 Å². The summed E-state index contributed by atoms with van der Waals surface area (Å²) in [5.74, 6) is -0.338. The predicted octanol–water partition coefficient (Wildman–Crippen LogP) is 0.522. The topological polar surface area (TPSA) is 98.5 Å². The third-order valence-electron chi connectivity index (χ3n) is 2.31. The molecule has 1 rings (SSSR count). The van der Waals surface area contributed by atoms with Gasteiger partial charge in [-0.3, -0.25) is 14.4 Å². The van der Waals surface area contributed by atoms with Crippen LogP contribution in [0.2, 0.25) is 0 Å². The van der Waals surface area contributed by atoms with Crippen molar-refractivity contribution in [1.82, 2.24) is 5.32 Å². The minimum atomic E-state index is -0.885. The summed E-state index contributed by atoms with van der Waals surface area (Å²) in [6.45, 7) is 1.73. The fourth-order valence-corrected chi connectivity index (χ4v) is 2.05. The molecule has 6 nitrogen and oxygen atoms in total. The number of ether oxygens (including phenoxy) is 1. The van der Waals surface area contributed by atoms with E-state index in [1.807, 2.05) is 6.07 Å². The highest BCUT2D eigenvalue weighted by Crippen LogP contribution is 2.13. The molecular weight excluding hydrogens is 280 g/mol. The second-order valence-corrected chi connectivity index (χ2v) is 4.98. The van der Waals surface area contributed by atoms with Gasteiger partial charge in [0.25, 0.3) is 6.47 Å². The van der Waals surface area contributed by atoms with Crippen LogP contribution >= 0.6 is 11.8 Å². The molecule has 0 saturated heterocycles. The van der Waals surface area contributed by atoms with Crippen molar-refractivity contribution < 1.29 is 19.1 Å². The molecule has 1 aromatic rings. The van der Waals surface area contributed by atoms with E-state index in [9.17, 15) is 14.4 Å². The molecule has 0 spiro atoms. The maximum atomic E-state index is 11.9. The summed E-state index contributed by atoms with van der Waals surface area (Å²) in [5, 5.41) is 2.27. The Morgan fingerprint density at radius 2 is 2.05 bits per heavy atom. The number of nitrogens with two attached hydrogens (primary N) is 1. The number of amides is 1. The number of rotatable bonds is 7. The van der Waals surface area contributed by atoms with E-state index >= 15 is 0 Å². The van der Waals surface area contributed by atoms with Gasteiger partial charge in [0.15, 0.2) is 6.23 Å². The number of carbonyl (C=O) groups excluding carboxylic acids is 3. The Balaban J connectivity index is 2.52. The van der Waals surface area contributed by atoms with Gasteiger partial charge in [-0.05, 0) is 6.92 Å². The Hall–Kier alpha value is -1.86. The molecule has 0 aliphatic rings. The first-order valence-corrected chi connectivity index (χ1v) is 6.90. The third-order valence-corrected chi connectivity index (χ3v) is 3.28. The van der Waals surface area contributed by atoms with Gasteiger partial charge in [-0.15, -0.1) is 0 Å². The number of hydrogen-bond acceptors (Lipinski definition) is 6. The SMILES string of the molecule is C[C@H](N)C(=O)N[C@@H](CSC(=O)c1ccccc1)OC=O. The highest BCUT2D eigenvalue weighted by atomic mass is 32.2. The number of nitrogens with one attached hydrogen (secondary N) is 1. The van der Waals surface area contributed by atoms with Crippen molar-refractivity contribution in [2.75, 3.05) is 5.75 Å². The van der Waals surface area contributed by atoms with Gasteiger partial charge in [0.1, 0.15) is 0 Å². The molecule has 0 fully saturated rings. The summed E-state index contributed by atoms with van der Waals surface area (Å²) in [4.78, 5) is 33.7. The summed E-state index contributed by atoms with van der Waals surface area (Å²) in [6.07, 6.45) is -0.885. The second kappa shape index (κ2) is 8.34. The molecule has 0 saturated carbocycles. The molecule has 0 radical (unpaired) electrons. The molecule has 1 amide bonds. The average Bonchev–Trinajstić information content (AvgIpc) is 2.45. The maximum absolute atomic E-state index is 11.9. The van der Waals surface area contributed by atoms with Gasteiger partial charge in [0, 0.05) is 5.56 Å². The molecule has 0 bridgehead atoms. The van der Waals surface area contributed by atoms with Crippen LogP contribution in [0.5, 0.6) is 0 Å². The first-order valence-electron chi connectivity index (χ1n) is 5.92. The monoisotopic (exact) mass is 296 g/mol. The number of hydrogen-bond donors (Lipinski definition) is 2. The van der Waals surface area contributed by atoms with Gasteiger partial charge in [0.2, 0.25) is 11.0 Å². The van der Waals surface area contributed by atoms with Crippen molar-refractivity contribution in [2.45, 2.75) is 19.2 Å². The minimum absolute atomic E-state index is 0.116. The average molecular weight is 296 g/mol. The largest absolute Gasteiger partial charge is 0.443 e. The predicted molar refractivity (Wildman–Crippen MR) is 76.0 cm³/mol. The van der Waals surface area contributed by atoms with Crippen molar-refractivity contribution in [3.8, 4) is 0 Å². The molecule has 0 aromatic heterocycles. The number of carbonyl (C=O) groups is 3. The van der Waals surface area contributed by atoms with Crippen molar-refractivity contribution in [3.63, 3.8) is 0 Å². The number of thioether (sulfide) groups is 1. The summed E-state index contributed by atoms with van der Waals surface area (Å²) < 4.78 is 4.71. The van der Waals surface area contributed by atoms with Crippen LogP contribution in [0.4, 0.5) is 0 Å². The van der Waals surface area contributed by atoms with E-state index in [-0.39, 0.29) is 17.3 Å². The van der Waals surface area contributed by atoms with Crippen LogP contribution in [0.3, 0.4) is 0 Å². The zero-order chi connectivity index (χ0) is 15.0. The second-order valence-electron chi connectivity index (χ2n) is 3.98. The Morgan fingerprint density at radius 1 is 1.40 bits per heavy atom. The lowest BCUT2D eigenvalue weighted by atomic mass is 10.2. The van der Waals surface area contributed by atoms with E-state index in [1.54, 1.807) is 24.3 Å². The zero-order valence-corrected chi connectivity index (χ0v) is 11.8. The van der Waals surface area contributed by atoms with Gasteiger partial charge in [-0.25, -0.2) is 0 Å². The van der Waals surface area contributed by atoms with Crippen LogP contribution in [-0.2, 0) is 14.3 Å². The molecule has 20 heavy (non-hydrogen) atoms. The van der Waals surface area contributed by atoms with E-state index in [4.69, 9.17) is 10.5 Å². The Labute approximate surface area is 121 Å². The van der Waals surface area contributed by atoms with E-state index < -0.39 is 18.2 Å². The first kappa shape index (κ1) is 16.2. The van der Waals surface area contributed by atoms with Crippen molar-refractivity contribution >= 4 is 29.3 Å². The summed E-state index contributed by atoms with van der Waals surface area (Å²) >= 11 is 0.953. The third kappa shape index (κ3) is 5.41. The van der Waals surface area contributed by atoms with Crippen molar-refractivity contribution in [1.29, 1.82) is 0 Å². The van der Waals surface area contributed by atoms with Crippen LogP contribution in [0, 0.1) is 0 Å². The molecule has 0 unspecified atom stereocenters. The fourth-order valence-electron chi connectivity index (χ4n) is 1.28. The van der Waals surface area contributed by atoms with Crippen molar-refractivity contribution in [3.05, 3.63) is 35.9 Å². The Morgan fingerprint density at radius 3 is 2.60 bits per heavy atom. The molecule has 0 aliphatic carbocycles. The van der Waals surface area contributed by atoms with Crippen LogP contribution in [-0.4, -0.2) is 35.5 Å². The molecule has 7 heteroatoms. The van der Waals surface area contributed by atoms with E-state index in [2.05, 4.69) is 5.32 Å². The van der Waals surface area contributed by atoms with E-state index in [0.717, 1.165) is 11.8 Å². The minimum Gasteiger partial charge on any atom is -0.443 e. The van der Waals surface area contributed by atoms with E-state index in [0.29, 0.717) is 5.56 Å². The maximum Gasteiger partial charge on any atom is 0.295 e. The van der Waals surface area contributed by atoms with Gasteiger partial charge in [0.05, 0.1) is 11.8 Å². The molecular formula is C13H16N2O4S. The molecule has 0 aliphatic heterocycles. The van der Waals surface area contributed by atoms with Crippen LogP contribution in [0.1, 0.15) is 17.3 Å². The lowest BCUT2D eigenvalue weighted by molar-refractivity contribution is -0.137. The summed E-state index contributed by atoms with van der Waals surface area (Å²) in [5.41, 5.74) is 5.94. The molecule has 3 N–H and O–H groups in total. The number of benzene rings is 1. The van der Waals surface area contributed by atoms with Gasteiger partial charge < -0.3 is 15.8 Å².